The van der Waals surface area contributed by atoms with Crippen LogP contribution in [-0.4, -0.2) is 35.8 Å². The number of aliphatic hydroxyl groups is 1. The first-order chi connectivity index (χ1) is 12.6. The van der Waals surface area contributed by atoms with Crippen LogP contribution in [0.25, 0.3) is 0 Å². The zero-order valence-electron chi connectivity index (χ0n) is 15.6. The van der Waals surface area contributed by atoms with E-state index in [1.807, 2.05) is 29.3 Å². The van der Waals surface area contributed by atoms with E-state index < -0.39 is 6.23 Å². The van der Waals surface area contributed by atoms with Crippen LogP contribution in [0, 0.1) is 5.92 Å². The van der Waals surface area contributed by atoms with Crippen molar-refractivity contribution in [3.8, 4) is 0 Å². The van der Waals surface area contributed by atoms with Crippen molar-refractivity contribution in [2.75, 3.05) is 19.0 Å². The number of rotatable bonds is 5. The maximum Gasteiger partial charge on any atom is 0.208 e. The largest absolute Gasteiger partial charge is 0.495 e. The van der Waals surface area contributed by atoms with E-state index in [9.17, 15) is 5.11 Å². The fourth-order valence-corrected chi connectivity index (χ4v) is 3.19. The lowest BCUT2D eigenvalue weighted by Crippen LogP contribution is -2.40. The normalized spacial score (nSPS) is 22.3. The number of hydrogen-bond acceptors (Lipinski definition) is 5. The van der Waals surface area contributed by atoms with Crippen molar-refractivity contribution in [3.05, 3.63) is 66.1 Å². The van der Waals surface area contributed by atoms with E-state index in [1.165, 1.54) is 5.56 Å². The van der Waals surface area contributed by atoms with Crippen LogP contribution in [-0.2, 0) is 4.74 Å². The molecule has 2 atom stereocenters. The molecule has 138 valence electrons. The minimum absolute atomic E-state index is 0.386. The monoisotopic (exact) mass is 353 g/mol. The molecule has 0 bridgehead atoms. The first kappa shape index (κ1) is 18.3. The average molecular weight is 353 g/mol. The van der Waals surface area contributed by atoms with Crippen LogP contribution in [0.2, 0.25) is 0 Å². The Morgan fingerprint density at radius 3 is 2.81 bits per heavy atom. The van der Waals surface area contributed by atoms with Gasteiger partial charge in [0.15, 0.2) is 5.76 Å². The van der Waals surface area contributed by atoms with E-state index in [0.29, 0.717) is 23.6 Å². The standard InChI is InChI=1S/C21H27N3O2/c1-15(2)17-11-7-8-12-18(17)22-21-23-20(25)19(26-3)14-24(21)13-16-9-5-4-6-10-16/h4-9,11-12,14-16,20,25H,10,13H2,1-3H3,(H,22,23). The van der Waals surface area contributed by atoms with Crippen LogP contribution >= 0.6 is 0 Å². The number of ether oxygens (including phenoxy) is 1. The van der Waals surface area contributed by atoms with Crippen molar-refractivity contribution in [2.45, 2.75) is 32.4 Å². The molecule has 2 N–H and O–H groups in total. The molecule has 1 aliphatic heterocycles. The molecule has 5 heteroatoms. The summed E-state index contributed by atoms with van der Waals surface area (Å²) < 4.78 is 5.29. The second-order valence-electron chi connectivity index (χ2n) is 6.89. The Kier molecular flexibility index (Phi) is 5.78. The Hall–Kier alpha value is -2.53. The summed E-state index contributed by atoms with van der Waals surface area (Å²) in [5.41, 5.74) is 2.22. The van der Waals surface area contributed by atoms with Crippen molar-refractivity contribution < 1.29 is 9.84 Å². The van der Waals surface area contributed by atoms with Gasteiger partial charge in [-0.05, 0) is 29.9 Å². The van der Waals surface area contributed by atoms with Crippen LogP contribution in [0.4, 0.5) is 5.69 Å². The lowest BCUT2D eigenvalue weighted by molar-refractivity contribution is 0.124. The summed E-state index contributed by atoms with van der Waals surface area (Å²) in [6, 6.07) is 8.20. The summed E-state index contributed by atoms with van der Waals surface area (Å²) in [6.45, 7) is 5.09. The van der Waals surface area contributed by atoms with Crippen molar-refractivity contribution in [2.24, 2.45) is 10.9 Å². The molecule has 1 aliphatic carbocycles. The second-order valence-corrected chi connectivity index (χ2v) is 6.89. The molecule has 3 rings (SSSR count). The lowest BCUT2D eigenvalue weighted by atomic mass is 10.00. The molecule has 0 spiro atoms. The third kappa shape index (κ3) is 4.17. The number of nitrogens with one attached hydrogen (secondary N) is 1. The molecule has 0 aromatic heterocycles. The maximum absolute atomic E-state index is 10.2. The molecule has 1 heterocycles. The fourth-order valence-electron chi connectivity index (χ4n) is 3.19. The maximum atomic E-state index is 10.2. The third-order valence-corrected chi connectivity index (χ3v) is 4.62. The number of guanidine groups is 1. The van der Waals surface area contributed by atoms with Gasteiger partial charge in [-0.3, -0.25) is 0 Å². The van der Waals surface area contributed by atoms with Crippen molar-refractivity contribution >= 4 is 11.6 Å². The van der Waals surface area contributed by atoms with E-state index in [0.717, 1.165) is 18.7 Å². The highest BCUT2D eigenvalue weighted by Crippen LogP contribution is 2.26. The Bertz CT molecular complexity index is 749. The fraction of sp³-hybridized carbons (Fsp3) is 0.381. The van der Waals surface area contributed by atoms with Gasteiger partial charge in [0.2, 0.25) is 12.2 Å². The van der Waals surface area contributed by atoms with Crippen molar-refractivity contribution in [1.29, 1.82) is 0 Å². The van der Waals surface area contributed by atoms with Crippen molar-refractivity contribution in [1.82, 2.24) is 4.90 Å². The first-order valence-corrected chi connectivity index (χ1v) is 9.06. The molecule has 1 aromatic rings. The molecule has 5 nitrogen and oxygen atoms in total. The zero-order chi connectivity index (χ0) is 18.5. The number of benzene rings is 1. The van der Waals surface area contributed by atoms with Crippen LogP contribution in [0.15, 0.2) is 65.5 Å². The Morgan fingerprint density at radius 2 is 2.12 bits per heavy atom. The molecule has 0 saturated heterocycles. The summed E-state index contributed by atoms with van der Waals surface area (Å²) in [5, 5.41) is 13.7. The van der Waals surface area contributed by atoms with Gasteiger partial charge in [-0.2, -0.15) is 0 Å². The molecule has 26 heavy (non-hydrogen) atoms. The molecule has 0 saturated carbocycles. The Balaban J connectivity index is 1.85. The number of hydrogen-bond donors (Lipinski definition) is 2. The summed E-state index contributed by atoms with van der Waals surface area (Å²) in [6.07, 6.45) is 10.3. The van der Waals surface area contributed by atoms with Gasteiger partial charge in [0.1, 0.15) is 0 Å². The number of aliphatic hydroxyl groups excluding tert-OH is 1. The number of aliphatic imine (C=N–C) groups is 1. The van der Waals surface area contributed by atoms with E-state index in [1.54, 1.807) is 7.11 Å². The number of anilines is 1. The molecular formula is C21H27N3O2. The molecule has 0 radical (unpaired) electrons. The lowest BCUT2D eigenvalue weighted by Gasteiger charge is -2.32. The average Bonchev–Trinajstić information content (AvgIpc) is 2.65. The summed E-state index contributed by atoms with van der Waals surface area (Å²) in [7, 11) is 1.55. The SMILES string of the molecule is COC1=CN(CC2C=CC=CC2)C(Nc2ccccc2C(C)C)=NC1O. The highest BCUT2D eigenvalue weighted by Gasteiger charge is 2.25. The van der Waals surface area contributed by atoms with E-state index in [-0.39, 0.29) is 0 Å². The number of nitrogens with zero attached hydrogens (tertiary/aromatic N) is 2. The first-order valence-electron chi connectivity index (χ1n) is 9.06. The Morgan fingerprint density at radius 1 is 1.31 bits per heavy atom. The smallest absolute Gasteiger partial charge is 0.208 e. The van der Waals surface area contributed by atoms with Gasteiger partial charge < -0.3 is 20.1 Å². The highest BCUT2D eigenvalue weighted by molar-refractivity contribution is 5.95. The van der Waals surface area contributed by atoms with Crippen molar-refractivity contribution in [3.63, 3.8) is 0 Å². The topological polar surface area (TPSA) is 57.1 Å². The van der Waals surface area contributed by atoms with E-state index >= 15 is 0 Å². The van der Waals surface area contributed by atoms with Crippen LogP contribution in [0.3, 0.4) is 0 Å². The Labute approximate surface area is 155 Å². The summed E-state index contributed by atoms with van der Waals surface area (Å²) >= 11 is 0. The number of allylic oxidation sites excluding steroid dienone is 3. The van der Waals surface area contributed by atoms with E-state index in [2.05, 4.69) is 54.5 Å². The number of methoxy groups -OCH3 is 1. The van der Waals surface area contributed by atoms with Crippen LogP contribution in [0.5, 0.6) is 0 Å². The minimum Gasteiger partial charge on any atom is -0.495 e. The summed E-state index contributed by atoms with van der Waals surface area (Å²) in [5.74, 6) is 1.85. The molecule has 2 unspecified atom stereocenters. The second kappa shape index (κ2) is 8.23. The van der Waals surface area contributed by atoms with Gasteiger partial charge in [-0.25, -0.2) is 4.99 Å². The third-order valence-electron chi connectivity index (χ3n) is 4.62. The predicted octanol–water partition coefficient (Wildman–Crippen LogP) is 3.83. The zero-order valence-corrected chi connectivity index (χ0v) is 15.6. The van der Waals surface area contributed by atoms with Crippen LogP contribution < -0.4 is 5.32 Å². The number of para-hydroxylation sites is 1. The van der Waals surface area contributed by atoms with Gasteiger partial charge in [0.05, 0.1) is 7.11 Å². The molecular weight excluding hydrogens is 326 g/mol. The predicted molar refractivity (Wildman–Crippen MR) is 106 cm³/mol. The van der Waals surface area contributed by atoms with Gasteiger partial charge in [-0.1, -0.05) is 56.4 Å². The summed E-state index contributed by atoms with van der Waals surface area (Å²) in [4.78, 5) is 6.45. The quantitative estimate of drug-likeness (QED) is 0.845. The highest BCUT2D eigenvalue weighted by atomic mass is 16.5. The molecule has 2 aliphatic rings. The van der Waals surface area contributed by atoms with Gasteiger partial charge in [0, 0.05) is 18.4 Å². The van der Waals surface area contributed by atoms with Gasteiger partial charge in [0.25, 0.3) is 0 Å². The molecule has 1 aromatic carbocycles. The molecule has 0 amide bonds. The van der Waals surface area contributed by atoms with E-state index in [4.69, 9.17) is 4.74 Å². The van der Waals surface area contributed by atoms with Gasteiger partial charge >= 0.3 is 0 Å². The van der Waals surface area contributed by atoms with Gasteiger partial charge in [-0.15, -0.1) is 0 Å². The van der Waals surface area contributed by atoms with Crippen LogP contribution in [0.1, 0.15) is 31.7 Å². The minimum atomic E-state index is -0.994. The molecule has 0 fully saturated rings.